The van der Waals surface area contributed by atoms with Gasteiger partial charge in [-0.2, -0.15) is 0 Å². The number of ether oxygens (including phenoxy) is 2. The predicted molar refractivity (Wildman–Crippen MR) is 106 cm³/mol. The molecular weight excluding hydrogens is 387 g/mol. The number of nitrogens with one attached hydrogen (secondary N) is 1. The summed E-state index contributed by atoms with van der Waals surface area (Å²) < 4.78 is 11.2. The second-order valence-corrected chi connectivity index (χ2v) is 7.20. The maximum atomic E-state index is 12.0. The minimum Gasteiger partial charge on any atom is -0.484 e. The number of carbonyl (C=O) groups is 1. The Morgan fingerprint density at radius 1 is 1.19 bits per heavy atom. The van der Waals surface area contributed by atoms with Crippen molar-refractivity contribution < 1.29 is 14.3 Å². The van der Waals surface area contributed by atoms with E-state index in [9.17, 15) is 4.79 Å². The SMILES string of the molecule is O=C(COc1ccccc1)NCC1CN(Cc2ccc(Cl)c(Cl)c2)CCO1. The standard InChI is InChI=1S/C20H22Cl2N2O3/c21-18-7-6-15(10-19(18)22)12-24-8-9-26-17(13-24)11-23-20(25)14-27-16-4-2-1-3-5-16/h1-7,10,17H,8-9,11-14H2,(H,23,25). The lowest BCUT2D eigenvalue weighted by molar-refractivity contribution is -0.124. The minimum absolute atomic E-state index is 0.0102. The van der Waals surface area contributed by atoms with Gasteiger partial charge < -0.3 is 14.8 Å². The van der Waals surface area contributed by atoms with Crippen LogP contribution in [0.15, 0.2) is 48.5 Å². The molecule has 27 heavy (non-hydrogen) atoms. The Morgan fingerprint density at radius 3 is 2.78 bits per heavy atom. The third kappa shape index (κ3) is 6.40. The monoisotopic (exact) mass is 408 g/mol. The zero-order chi connectivity index (χ0) is 19.1. The van der Waals surface area contributed by atoms with E-state index >= 15 is 0 Å². The number of para-hydroxylation sites is 1. The van der Waals surface area contributed by atoms with Gasteiger partial charge in [0.2, 0.25) is 0 Å². The first kappa shape index (κ1) is 20.0. The average Bonchev–Trinajstić information content (AvgIpc) is 2.69. The summed E-state index contributed by atoms with van der Waals surface area (Å²) in [4.78, 5) is 14.2. The smallest absolute Gasteiger partial charge is 0.258 e. The second-order valence-electron chi connectivity index (χ2n) is 6.38. The fourth-order valence-corrected chi connectivity index (χ4v) is 3.21. The topological polar surface area (TPSA) is 50.8 Å². The summed E-state index contributed by atoms with van der Waals surface area (Å²) in [5, 5.41) is 3.99. The van der Waals surface area contributed by atoms with Crippen molar-refractivity contribution in [3.63, 3.8) is 0 Å². The number of carbonyl (C=O) groups excluding carboxylic acids is 1. The van der Waals surface area contributed by atoms with Gasteiger partial charge in [-0.15, -0.1) is 0 Å². The van der Waals surface area contributed by atoms with Gasteiger partial charge in [-0.3, -0.25) is 9.69 Å². The molecule has 3 rings (SSSR count). The van der Waals surface area contributed by atoms with Gasteiger partial charge in [-0.25, -0.2) is 0 Å². The normalized spacial score (nSPS) is 17.5. The number of hydrogen-bond acceptors (Lipinski definition) is 4. The van der Waals surface area contributed by atoms with Gasteiger partial charge in [0.15, 0.2) is 6.61 Å². The summed E-state index contributed by atoms with van der Waals surface area (Å²) in [6.45, 7) is 3.41. The molecule has 2 aromatic rings. The molecule has 0 aliphatic carbocycles. The highest BCUT2D eigenvalue weighted by Gasteiger charge is 2.21. The van der Waals surface area contributed by atoms with Crippen LogP contribution in [0.3, 0.4) is 0 Å². The highest BCUT2D eigenvalue weighted by Crippen LogP contribution is 2.23. The molecule has 1 aliphatic heterocycles. The van der Waals surface area contributed by atoms with Crippen molar-refractivity contribution in [1.82, 2.24) is 10.2 Å². The van der Waals surface area contributed by atoms with E-state index in [-0.39, 0.29) is 18.6 Å². The number of amides is 1. The molecule has 1 N–H and O–H groups in total. The van der Waals surface area contributed by atoms with E-state index in [1.165, 1.54) is 0 Å². The summed E-state index contributed by atoms with van der Waals surface area (Å²) in [5.41, 5.74) is 1.10. The van der Waals surface area contributed by atoms with E-state index in [1.54, 1.807) is 0 Å². The van der Waals surface area contributed by atoms with Crippen LogP contribution in [0.4, 0.5) is 0 Å². The minimum atomic E-state index is -0.163. The first-order valence-corrected chi connectivity index (χ1v) is 9.58. The molecule has 2 aromatic carbocycles. The Morgan fingerprint density at radius 2 is 2.00 bits per heavy atom. The third-order valence-corrected chi connectivity index (χ3v) is 4.99. The van der Waals surface area contributed by atoms with Crippen molar-refractivity contribution in [3.05, 3.63) is 64.1 Å². The zero-order valence-corrected chi connectivity index (χ0v) is 16.4. The van der Waals surface area contributed by atoms with Gasteiger partial charge in [-0.05, 0) is 29.8 Å². The maximum Gasteiger partial charge on any atom is 0.258 e. The van der Waals surface area contributed by atoms with E-state index in [1.807, 2.05) is 48.5 Å². The van der Waals surface area contributed by atoms with Gasteiger partial charge in [0.25, 0.3) is 5.91 Å². The second kappa shape index (κ2) is 9.95. The van der Waals surface area contributed by atoms with Crippen LogP contribution in [0.5, 0.6) is 5.75 Å². The quantitative estimate of drug-likeness (QED) is 0.762. The lowest BCUT2D eigenvalue weighted by Gasteiger charge is -2.33. The first-order chi connectivity index (χ1) is 13.1. The van der Waals surface area contributed by atoms with Crippen LogP contribution in [0, 0.1) is 0 Å². The molecule has 5 nitrogen and oxygen atoms in total. The fourth-order valence-electron chi connectivity index (χ4n) is 2.89. The molecule has 0 saturated carbocycles. The summed E-state index contributed by atoms with van der Waals surface area (Å²) >= 11 is 12.1. The zero-order valence-electron chi connectivity index (χ0n) is 14.9. The summed E-state index contributed by atoms with van der Waals surface area (Å²) in [7, 11) is 0. The molecular formula is C20H22Cl2N2O3. The molecule has 144 valence electrons. The Labute approximate surface area is 169 Å². The first-order valence-electron chi connectivity index (χ1n) is 8.82. The Kier molecular flexibility index (Phi) is 7.35. The van der Waals surface area contributed by atoms with E-state index in [0.29, 0.717) is 28.9 Å². The van der Waals surface area contributed by atoms with E-state index in [2.05, 4.69) is 10.2 Å². The number of hydrogen-bond donors (Lipinski definition) is 1. The molecule has 1 saturated heterocycles. The molecule has 1 amide bonds. The summed E-state index contributed by atoms with van der Waals surface area (Å²) in [6, 6.07) is 14.9. The molecule has 1 atom stereocenters. The van der Waals surface area contributed by atoms with Gasteiger partial charge in [-0.1, -0.05) is 47.5 Å². The lowest BCUT2D eigenvalue weighted by Crippen LogP contribution is -2.47. The van der Waals surface area contributed by atoms with Crippen molar-refractivity contribution in [1.29, 1.82) is 0 Å². The fraction of sp³-hybridized carbons (Fsp3) is 0.350. The molecule has 1 heterocycles. The number of rotatable bonds is 7. The van der Waals surface area contributed by atoms with Crippen LogP contribution < -0.4 is 10.1 Å². The third-order valence-electron chi connectivity index (χ3n) is 4.25. The predicted octanol–water partition coefficient (Wildman–Crippen LogP) is 3.39. The largest absolute Gasteiger partial charge is 0.484 e. The lowest BCUT2D eigenvalue weighted by atomic mass is 10.2. The number of nitrogens with zero attached hydrogens (tertiary/aromatic N) is 1. The van der Waals surface area contributed by atoms with Crippen molar-refractivity contribution in [2.45, 2.75) is 12.6 Å². The summed E-state index contributed by atoms with van der Waals surface area (Å²) in [6.07, 6.45) is -0.0535. The van der Waals surface area contributed by atoms with Crippen LogP contribution >= 0.6 is 23.2 Å². The molecule has 0 aromatic heterocycles. The van der Waals surface area contributed by atoms with Crippen molar-refractivity contribution >= 4 is 29.1 Å². The van der Waals surface area contributed by atoms with Gasteiger partial charge in [0.1, 0.15) is 5.75 Å². The van der Waals surface area contributed by atoms with Crippen molar-refractivity contribution in [2.75, 3.05) is 32.8 Å². The van der Waals surface area contributed by atoms with Crippen LogP contribution in [-0.2, 0) is 16.1 Å². The van der Waals surface area contributed by atoms with Gasteiger partial charge in [0.05, 0.1) is 22.8 Å². The highest BCUT2D eigenvalue weighted by atomic mass is 35.5. The number of benzene rings is 2. The van der Waals surface area contributed by atoms with Crippen molar-refractivity contribution in [2.24, 2.45) is 0 Å². The van der Waals surface area contributed by atoms with Gasteiger partial charge >= 0.3 is 0 Å². The van der Waals surface area contributed by atoms with E-state index in [4.69, 9.17) is 32.7 Å². The van der Waals surface area contributed by atoms with E-state index < -0.39 is 0 Å². The molecule has 0 spiro atoms. The molecule has 0 radical (unpaired) electrons. The van der Waals surface area contributed by atoms with Gasteiger partial charge in [0, 0.05) is 26.2 Å². The number of halogens is 2. The number of morpholine rings is 1. The van der Waals surface area contributed by atoms with E-state index in [0.717, 1.165) is 25.2 Å². The molecule has 7 heteroatoms. The maximum absolute atomic E-state index is 12.0. The molecule has 1 aliphatic rings. The summed E-state index contributed by atoms with van der Waals surface area (Å²) in [5.74, 6) is 0.512. The van der Waals surface area contributed by atoms with Crippen LogP contribution in [0.2, 0.25) is 10.0 Å². The van der Waals surface area contributed by atoms with Crippen LogP contribution in [0.1, 0.15) is 5.56 Å². The van der Waals surface area contributed by atoms with Crippen LogP contribution in [0.25, 0.3) is 0 Å². The highest BCUT2D eigenvalue weighted by molar-refractivity contribution is 6.42. The Bertz CT molecular complexity index is 758. The Hall–Kier alpha value is -1.79. The molecule has 0 bridgehead atoms. The van der Waals surface area contributed by atoms with Crippen LogP contribution in [-0.4, -0.2) is 49.8 Å². The molecule has 1 unspecified atom stereocenters. The van der Waals surface area contributed by atoms with Crippen molar-refractivity contribution in [3.8, 4) is 5.75 Å². The molecule has 1 fully saturated rings. The Balaban J connectivity index is 1.41. The average molecular weight is 409 g/mol.